The van der Waals surface area contributed by atoms with Crippen molar-refractivity contribution in [3.05, 3.63) is 0 Å². The Morgan fingerprint density at radius 2 is 1.78 bits per heavy atom. The van der Waals surface area contributed by atoms with Crippen LogP contribution >= 0.6 is 0 Å². The first-order chi connectivity index (χ1) is 3.98. The van der Waals surface area contributed by atoms with E-state index in [0.29, 0.717) is 0 Å². The first-order valence-electron chi connectivity index (χ1n) is 3.06. The molecule has 0 saturated carbocycles. The standard InChI is InChI=1S/C5H15NOSi2/c1-7-9(4,5)6-8(2)3/h1-5H3. The van der Waals surface area contributed by atoms with E-state index in [-0.39, 0.29) is 0 Å². The van der Waals surface area contributed by atoms with E-state index in [1.54, 1.807) is 7.11 Å². The molecule has 9 heavy (non-hydrogen) atoms. The number of nitrogens with zero attached hydrogens (tertiary/aromatic N) is 1. The van der Waals surface area contributed by atoms with Gasteiger partial charge >= 0.3 is 8.48 Å². The summed E-state index contributed by atoms with van der Waals surface area (Å²) in [6, 6.07) is 0. The lowest BCUT2D eigenvalue weighted by Crippen LogP contribution is -2.27. The van der Waals surface area contributed by atoms with Crippen molar-refractivity contribution in [2.75, 3.05) is 7.11 Å². The summed E-state index contributed by atoms with van der Waals surface area (Å²) in [7, 11) is -0.262. The fraction of sp³-hybridized carbons (Fsp3) is 1.00. The Kier molecular flexibility index (Phi) is 3.46. The van der Waals surface area contributed by atoms with Crippen LogP contribution in [0.4, 0.5) is 0 Å². The average molecular weight is 161 g/mol. The van der Waals surface area contributed by atoms with Crippen LogP contribution in [0.3, 0.4) is 0 Å². The third-order valence-electron chi connectivity index (χ3n) is 0.992. The molecule has 0 fully saturated rings. The molecule has 0 spiro atoms. The van der Waals surface area contributed by atoms with Crippen molar-refractivity contribution in [2.45, 2.75) is 26.2 Å². The number of rotatable bonds is 2. The van der Waals surface area contributed by atoms with Crippen LogP contribution in [0.25, 0.3) is 0 Å². The Balaban J connectivity index is 4.01. The van der Waals surface area contributed by atoms with Gasteiger partial charge in [-0.3, -0.25) is 0 Å². The Labute approximate surface area is 59.8 Å². The summed E-state index contributed by atoms with van der Waals surface area (Å²) >= 11 is 0. The predicted molar refractivity (Wildman–Crippen MR) is 44.4 cm³/mol. The van der Waals surface area contributed by atoms with Gasteiger partial charge in [0, 0.05) is 7.11 Å². The minimum Gasteiger partial charge on any atom is -0.402 e. The third kappa shape index (κ3) is 4.68. The Morgan fingerprint density at radius 1 is 1.33 bits per heavy atom. The minimum absolute atomic E-state index is 0.442. The van der Waals surface area contributed by atoms with Crippen molar-refractivity contribution < 1.29 is 4.43 Å². The van der Waals surface area contributed by atoms with Gasteiger partial charge in [0.2, 0.25) is 0 Å². The first-order valence-corrected chi connectivity index (χ1v) is 8.36. The van der Waals surface area contributed by atoms with E-state index in [0.717, 1.165) is 0 Å². The summed E-state index contributed by atoms with van der Waals surface area (Å²) in [5, 5.41) is 0. The summed E-state index contributed by atoms with van der Waals surface area (Å²) in [6.45, 7) is 8.59. The second kappa shape index (κ2) is 3.38. The van der Waals surface area contributed by atoms with Crippen molar-refractivity contribution in [3.63, 3.8) is 0 Å². The minimum atomic E-state index is -1.57. The van der Waals surface area contributed by atoms with Gasteiger partial charge in [-0.2, -0.15) is 0 Å². The molecule has 0 unspecified atom stereocenters. The lowest BCUT2D eigenvalue weighted by atomic mass is 11.8. The fourth-order valence-corrected chi connectivity index (χ4v) is 5.26. The molecule has 0 amide bonds. The zero-order valence-corrected chi connectivity index (χ0v) is 8.86. The summed E-state index contributed by atoms with van der Waals surface area (Å²) in [4.78, 5) is 0. The van der Waals surface area contributed by atoms with Gasteiger partial charge in [0.15, 0.2) is 0 Å². The molecule has 0 radical (unpaired) electrons. The molecule has 0 aliphatic rings. The largest absolute Gasteiger partial charge is 0.402 e. The maximum atomic E-state index is 5.25. The molecule has 0 N–H and O–H groups in total. The van der Waals surface area contributed by atoms with E-state index in [1.165, 1.54) is 0 Å². The molecule has 0 bridgehead atoms. The highest BCUT2D eigenvalue weighted by Crippen LogP contribution is 2.03. The van der Waals surface area contributed by atoms with Crippen LogP contribution in [0.15, 0.2) is 4.30 Å². The van der Waals surface area contributed by atoms with Gasteiger partial charge < -0.3 is 8.73 Å². The first kappa shape index (κ1) is 9.19. The van der Waals surface area contributed by atoms with Gasteiger partial charge in [-0.15, -0.1) is 0 Å². The highest BCUT2D eigenvalue weighted by atomic mass is 28.4. The molecule has 0 saturated heterocycles. The number of hydrogen-bond donors (Lipinski definition) is 0. The summed E-state index contributed by atoms with van der Waals surface area (Å²) < 4.78 is 9.79. The van der Waals surface area contributed by atoms with Crippen LogP contribution in [0.1, 0.15) is 0 Å². The van der Waals surface area contributed by atoms with Crippen molar-refractivity contribution in [2.24, 2.45) is 4.30 Å². The van der Waals surface area contributed by atoms with Crippen LogP contribution in [-0.4, -0.2) is 24.2 Å². The highest BCUT2D eigenvalue weighted by molar-refractivity contribution is 6.74. The Bertz CT molecular complexity index is 118. The monoisotopic (exact) mass is 161 g/mol. The van der Waals surface area contributed by atoms with Gasteiger partial charge in [0.05, 0.1) is 0 Å². The number of hydrogen-bond acceptors (Lipinski definition) is 2. The molecule has 0 aliphatic heterocycles. The van der Waals surface area contributed by atoms with Gasteiger partial charge in [0.25, 0.3) is 0 Å². The SMILES string of the molecule is CO[Si](C)(C)N=[Si](C)C. The van der Waals surface area contributed by atoms with E-state index in [2.05, 4.69) is 30.5 Å². The van der Waals surface area contributed by atoms with Crippen LogP contribution < -0.4 is 0 Å². The van der Waals surface area contributed by atoms with E-state index >= 15 is 0 Å². The molecule has 2 nitrogen and oxygen atoms in total. The molecule has 0 aromatic carbocycles. The second-order valence-electron chi connectivity index (χ2n) is 2.71. The predicted octanol–water partition coefficient (Wildman–Crippen LogP) is 1.85. The van der Waals surface area contributed by atoms with Gasteiger partial charge in [-0.25, -0.2) is 0 Å². The van der Waals surface area contributed by atoms with Crippen LogP contribution in [0, 0.1) is 0 Å². The van der Waals surface area contributed by atoms with E-state index in [4.69, 9.17) is 4.43 Å². The Hall–Kier alpha value is 0.194. The van der Waals surface area contributed by atoms with Gasteiger partial charge in [-0.05, 0) is 26.2 Å². The average Bonchev–Trinajstić information content (AvgIpc) is 1.63. The quantitative estimate of drug-likeness (QED) is 0.566. The van der Waals surface area contributed by atoms with Crippen molar-refractivity contribution in [3.8, 4) is 0 Å². The maximum Gasteiger partial charge on any atom is 0.302 e. The molecule has 0 atom stereocenters. The van der Waals surface area contributed by atoms with E-state index in [1.807, 2.05) is 0 Å². The molecular formula is C5H15NOSi2. The molecule has 0 aromatic rings. The molecule has 54 valence electrons. The van der Waals surface area contributed by atoms with Crippen LogP contribution in [-0.2, 0) is 4.43 Å². The van der Waals surface area contributed by atoms with Gasteiger partial charge in [0.1, 0.15) is 8.59 Å². The van der Waals surface area contributed by atoms with E-state index < -0.39 is 17.1 Å². The smallest absolute Gasteiger partial charge is 0.302 e. The fourth-order valence-electron chi connectivity index (χ4n) is 0.584. The lowest BCUT2D eigenvalue weighted by molar-refractivity contribution is 0.406. The maximum absolute atomic E-state index is 5.25. The van der Waals surface area contributed by atoms with Gasteiger partial charge in [-0.1, -0.05) is 0 Å². The summed E-state index contributed by atoms with van der Waals surface area (Å²) in [5.41, 5.74) is 0. The topological polar surface area (TPSA) is 21.6 Å². The zero-order valence-electron chi connectivity index (χ0n) is 6.86. The molecular weight excluding hydrogens is 146 g/mol. The van der Waals surface area contributed by atoms with Crippen LogP contribution in [0.5, 0.6) is 0 Å². The zero-order chi connectivity index (χ0) is 7.49. The molecule has 4 heteroatoms. The second-order valence-corrected chi connectivity index (χ2v) is 8.80. The van der Waals surface area contributed by atoms with E-state index in [9.17, 15) is 0 Å². The summed E-state index contributed by atoms with van der Waals surface area (Å²) in [6.07, 6.45) is 0. The Morgan fingerprint density at radius 3 is 1.89 bits per heavy atom. The van der Waals surface area contributed by atoms with Crippen molar-refractivity contribution in [1.29, 1.82) is 0 Å². The molecule has 0 heterocycles. The molecule has 0 aromatic heterocycles. The normalized spacial score (nSPS) is 11.2. The highest BCUT2D eigenvalue weighted by Gasteiger charge is 2.17. The van der Waals surface area contributed by atoms with Crippen molar-refractivity contribution in [1.82, 2.24) is 0 Å². The summed E-state index contributed by atoms with van der Waals surface area (Å²) in [5.74, 6) is 0. The molecule has 0 rings (SSSR count). The third-order valence-corrected chi connectivity index (χ3v) is 5.93. The lowest BCUT2D eigenvalue weighted by Gasteiger charge is -2.14. The van der Waals surface area contributed by atoms with Crippen LogP contribution in [0.2, 0.25) is 26.2 Å². The molecule has 0 aliphatic carbocycles. The van der Waals surface area contributed by atoms with Crippen molar-refractivity contribution >= 4 is 17.1 Å².